The van der Waals surface area contributed by atoms with Gasteiger partial charge in [-0.3, -0.25) is 4.79 Å². The number of ether oxygens (including phenoxy) is 2. The summed E-state index contributed by atoms with van der Waals surface area (Å²) in [5.74, 6) is 1.58. The van der Waals surface area contributed by atoms with Crippen LogP contribution in [0.3, 0.4) is 0 Å². The zero-order valence-corrected chi connectivity index (χ0v) is 26.6. The van der Waals surface area contributed by atoms with Gasteiger partial charge in [0.1, 0.15) is 17.3 Å². The van der Waals surface area contributed by atoms with Crippen molar-refractivity contribution in [3.8, 4) is 11.5 Å². The number of rotatable bonds is 11. The van der Waals surface area contributed by atoms with Crippen LogP contribution in [0.25, 0.3) is 0 Å². The maximum Gasteiger partial charge on any atom is 0.166 e. The van der Waals surface area contributed by atoms with E-state index in [-0.39, 0.29) is 28.0 Å². The molecule has 3 aromatic rings. The molecule has 8 heteroatoms. The summed E-state index contributed by atoms with van der Waals surface area (Å²) in [7, 11) is -4.48. The minimum absolute atomic E-state index is 0.0248. The SMILES string of the molecule is CC1(C)C2CCC1(CS(=O)(=O)[O-])C(=O)C2.CCCOc1ccc([S+](c2ccccc2)c2ccc(OCCC)cc2)cc1. The second-order valence-corrected chi connectivity index (χ2v) is 15.1. The van der Waals surface area contributed by atoms with Crippen LogP contribution in [0.2, 0.25) is 0 Å². The highest BCUT2D eigenvalue weighted by atomic mass is 32.2. The number of carbonyl (C=O) groups is 1. The van der Waals surface area contributed by atoms with E-state index in [2.05, 4.69) is 92.7 Å². The molecule has 2 unspecified atom stereocenters. The highest BCUT2D eigenvalue weighted by Crippen LogP contribution is 2.64. The van der Waals surface area contributed by atoms with Crippen LogP contribution in [0.5, 0.6) is 11.5 Å². The van der Waals surface area contributed by atoms with E-state index in [1.165, 1.54) is 14.7 Å². The standard InChI is InChI=1S/C24H27O2S.C10H16O4S/c1-3-18-25-20-10-14-23(15-11-20)27(22-8-6-5-7-9-22)24-16-12-21(13-17-24)26-19-4-2;1-9(2)7-3-4-10(9,8(11)5-7)6-15(12,13)14/h5-17H,3-4,18-19H2,1-2H3;7H,3-6H2,1-2H3,(H,12,13,14)/q+1;/p-1. The zero-order chi connectivity index (χ0) is 30.4. The Kier molecular flexibility index (Phi) is 10.4. The van der Waals surface area contributed by atoms with Crippen molar-refractivity contribution in [1.29, 1.82) is 0 Å². The number of carbonyl (C=O) groups excluding carboxylic acids is 1. The van der Waals surface area contributed by atoms with Crippen molar-refractivity contribution in [2.75, 3.05) is 19.0 Å². The van der Waals surface area contributed by atoms with Crippen LogP contribution in [0, 0.1) is 16.7 Å². The predicted octanol–water partition coefficient (Wildman–Crippen LogP) is 7.29. The fourth-order valence-corrected chi connectivity index (χ4v) is 9.50. The average molecular weight is 611 g/mol. The smallest absolute Gasteiger partial charge is 0.166 e. The van der Waals surface area contributed by atoms with E-state index in [0.29, 0.717) is 12.8 Å². The van der Waals surface area contributed by atoms with Crippen LogP contribution in [0.4, 0.5) is 0 Å². The third-order valence-electron chi connectivity index (χ3n) is 8.61. The molecule has 226 valence electrons. The highest BCUT2D eigenvalue weighted by molar-refractivity contribution is 7.97. The lowest BCUT2D eigenvalue weighted by Crippen LogP contribution is -2.42. The highest BCUT2D eigenvalue weighted by Gasteiger charge is 2.64. The van der Waals surface area contributed by atoms with E-state index in [4.69, 9.17) is 9.47 Å². The number of hydrogen-bond donors (Lipinski definition) is 0. The summed E-state index contributed by atoms with van der Waals surface area (Å²) >= 11 is 0. The van der Waals surface area contributed by atoms with Crippen LogP contribution in [0.15, 0.2) is 93.5 Å². The molecule has 0 spiro atoms. The first-order valence-corrected chi connectivity index (χ1v) is 17.5. The molecule has 2 fully saturated rings. The second kappa shape index (κ2) is 13.7. The van der Waals surface area contributed by atoms with Crippen LogP contribution in [-0.2, 0) is 25.8 Å². The minimum atomic E-state index is -4.33. The monoisotopic (exact) mass is 610 g/mol. The van der Waals surface area contributed by atoms with Gasteiger partial charge in [-0.1, -0.05) is 45.9 Å². The molecule has 5 rings (SSSR count). The molecule has 42 heavy (non-hydrogen) atoms. The van der Waals surface area contributed by atoms with Gasteiger partial charge in [0, 0.05) is 11.8 Å². The van der Waals surface area contributed by atoms with Crippen LogP contribution in [0.1, 0.15) is 59.8 Å². The van der Waals surface area contributed by atoms with Gasteiger partial charge in [0.25, 0.3) is 0 Å². The van der Waals surface area contributed by atoms with Crippen LogP contribution in [-0.4, -0.2) is 37.7 Å². The van der Waals surface area contributed by atoms with Crippen molar-refractivity contribution in [2.24, 2.45) is 16.7 Å². The summed E-state index contributed by atoms with van der Waals surface area (Å²) in [4.78, 5) is 15.7. The Bertz CT molecular complexity index is 1370. The van der Waals surface area contributed by atoms with Crippen molar-refractivity contribution in [2.45, 2.75) is 74.5 Å². The van der Waals surface area contributed by atoms with E-state index in [1.54, 1.807) is 0 Å². The molecule has 2 aliphatic rings. The topological polar surface area (TPSA) is 92.7 Å². The molecule has 0 amide bonds. The van der Waals surface area contributed by atoms with Crippen molar-refractivity contribution >= 4 is 26.8 Å². The van der Waals surface area contributed by atoms with Gasteiger partial charge in [-0.15, -0.1) is 0 Å². The molecule has 0 radical (unpaired) electrons. The number of Topliss-reactive ketones (excluding diaryl/α,β-unsaturated/α-hetero) is 1. The van der Waals surface area contributed by atoms with E-state index in [0.717, 1.165) is 44.0 Å². The predicted molar refractivity (Wildman–Crippen MR) is 166 cm³/mol. The summed E-state index contributed by atoms with van der Waals surface area (Å²) in [6.45, 7) is 9.58. The summed E-state index contributed by atoms with van der Waals surface area (Å²) in [6, 6.07) is 27.7. The van der Waals surface area contributed by atoms with Gasteiger partial charge in [-0.25, -0.2) is 8.42 Å². The number of hydrogen-bond acceptors (Lipinski definition) is 6. The van der Waals surface area contributed by atoms with Crippen LogP contribution >= 0.6 is 0 Å². The Morgan fingerprint density at radius 3 is 1.67 bits per heavy atom. The maximum absolute atomic E-state index is 11.8. The molecule has 2 bridgehead atoms. The van der Waals surface area contributed by atoms with Gasteiger partial charge in [0.05, 0.1) is 40.0 Å². The lowest BCUT2D eigenvalue weighted by Gasteiger charge is -2.37. The van der Waals surface area contributed by atoms with E-state index in [9.17, 15) is 17.8 Å². The Hall–Kier alpha value is -2.81. The molecular formula is C34H42O6S2. The van der Waals surface area contributed by atoms with Gasteiger partial charge in [-0.2, -0.15) is 0 Å². The van der Waals surface area contributed by atoms with Crippen molar-refractivity contribution in [3.63, 3.8) is 0 Å². The lowest BCUT2D eigenvalue weighted by atomic mass is 9.70. The number of fused-ring (bicyclic) bond motifs is 2. The number of benzene rings is 3. The summed E-state index contributed by atoms with van der Waals surface area (Å²) < 4.78 is 44.2. The van der Waals surface area contributed by atoms with Gasteiger partial charge < -0.3 is 14.0 Å². The molecule has 0 saturated heterocycles. The van der Waals surface area contributed by atoms with Gasteiger partial charge in [0.15, 0.2) is 14.7 Å². The van der Waals surface area contributed by atoms with Crippen molar-refractivity contribution in [1.82, 2.24) is 0 Å². The van der Waals surface area contributed by atoms with Gasteiger partial charge in [-0.05, 0) is 97.7 Å². The first kappa shape index (κ1) is 32.1. The zero-order valence-electron chi connectivity index (χ0n) is 25.0. The van der Waals surface area contributed by atoms with Gasteiger partial charge in [0.2, 0.25) is 0 Å². The Labute approximate surface area is 253 Å². The lowest BCUT2D eigenvalue weighted by molar-refractivity contribution is -0.128. The van der Waals surface area contributed by atoms with E-state index >= 15 is 0 Å². The van der Waals surface area contributed by atoms with E-state index < -0.39 is 21.3 Å². The Morgan fingerprint density at radius 1 is 0.810 bits per heavy atom. The molecule has 2 saturated carbocycles. The molecule has 0 heterocycles. The van der Waals surface area contributed by atoms with Crippen molar-refractivity contribution in [3.05, 3.63) is 78.9 Å². The largest absolute Gasteiger partial charge is 0.748 e. The second-order valence-electron chi connectivity index (χ2n) is 11.6. The number of ketones is 1. The fourth-order valence-electron chi connectivity index (χ4n) is 6.16. The molecule has 0 N–H and O–H groups in total. The molecule has 0 aromatic heterocycles. The third kappa shape index (κ3) is 7.21. The Morgan fingerprint density at radius 2 is 1.29 bits per heavy atom. The average Bonchev–Trinajstić information content (AvgIpc) is 3.31. The molecular weight excluding hydrogens is 569 g/mol. The minimum Gasteiger partial charge on any atom is -0.748 e. The molecule has 3 aromatic carbocycles. The van der Waals surface area contributed by atoms with Gasteiger partial charge >= 0.3 is 0 Å². The first-order valence-electron chi connectivity index (χ1n) is 14.7. The molecule has 2 atom stereocenters. The fraction of sp³-hybridized carbons (Fsp3) is 0.441. The summed E-state index contributed by atoms with van der Waals surface area (Å²) in [6.07, 6.45) is 3.91. The third-order valence-corrected chi connectivity index (χ3v) is 11.7. The first-order chi connectivity index (χ1) is 20.0. The molecule has 0 aliphatic heterocycles. The summed E-state index contributed by atoms with van der Waals surface area (Å²) in [5, 5.41) is 0. The molecule has 6 nitrogen and oxygen atoms in total. The quantitative estimate of drug-likeness (QED) is 0.167. The normalized spacial score (nSPS) is 20.7. The maximum atomic E-state index is 11.8. The Balaban J connectivity index is 0.000000227. The van der Waals surface area contributed by atoms with E-state index in [1.807, 2.05) is 13.8 Å². The van der Waals surface area contributed by atoms with Crippen molar-refractivity contribution < 1.29 is 27.2 Å². The summed E-state index contributed by atoms with van der Waals surface area (Å²) in [5.41, 5.74) is -1.22. The molecule has 2 aliphatic carbocycles. The van der Waals surface area contributed by atoms with Crippen LogP contribution < -0.4 is 9.47 Å².